The molecule has 0 aliphatic rings. The van der Waals surface area contributed by atoms with E-state index in [1.54, 1.807) is 30.3 Å². The van der Waals surface area contributed by atoms with E-state index in [9.17, 15) is 15.0 Å². The maximum atomic E-state index is 11.7. The first-order chi connectivity index (χ1) is 16.6. The molecule has 0 heterocycles. The van der Waals surface area contributed by atoms with Gasteiger partial charge >= 0.3 is 5.97 Å². The molecule has 0 saturated heterocycles. The van der Waals surface area contributed by atoms with Crippen LogP contribution in [-0.4, -0.2) is 29.3 Å². The lowest BCUT2D eigenvalue weighted by molar-refractivity contribution is 0.0694. The summed E-state index contributed by atoms with van der Waals surface area (Å²) in [7, 11) is 0. The van der Waals surface area contributed by atoms with Gasteiger partial charge in [0.1, 0.15) is 17.1 Å². The van der Waals surface area contributed by atoms with Gasteiger partial charge in [0, 0.05) is 6.54 Å². The molecule has 0 amide bonds. The summed E-state index contributed by atoms with van der Waals surface area (Å²) in [4.78, 5) is 11.7. The maximum absolute atomic E-state index is 11.7. The van der Waals surface area contributed by atoms with E-state index in [0.717, 1.165) is 29.7 Å². The van der Waals surface area contributed by atoms with Crippen LogP contribution in [0.15, 0.2) is 103 Å². The molecule has 3 N–H and O–H groups in total. The Morgan fingerprint density at radius 3 is 2.15 bits per heavy atom. The number of aliphatic hydroxyl groups excluding tert-OH is 1. The zero-order valence-corrected chi connectivity index (χ0v) is 18.7. The molecule has 0 aliphatic heterocycles. The van der Waals surface area contributed by atoms with Crippen LogP contribution in [0.1, 0.15) is 27.6 Å². The number of carboxylic acids is 1. The Morgan fingerprint density at radius 2 is 1.47 bits per heavy atom. The topological polar surface area (TPSA) is 78.8 Å². The lowest BCUT2D eigenvalue weighted by Crippen LogP contribution is -2.23. The zero-order valence-electron chi connectivity index (χ0n) is 18.7. The molecule has 1 atom stereocenters. The predicted octanol–water partition coefficient (Wildman–Crippen LogP) is 5.71. The van der Waals surface area contributed by atoms with Crippen molar-refractivity contribution in [1.82, 2.24) is 5.32 Å². The van der Waals surface area contributed by atoms with E-state index in [1.165, 1.54) is 5.56 Å². The molecule has 0 aromatic heterocycles. The lowest BCUT2D eigenvalue weighted by atomic mass is 10.0. The van der Waals surface area contributed by atoms with Gasteiger partial charge in [-0.3, -0.25) is 0 Å². The van der Waals surface area contributed by atoms with E-state index < -0.39 is 12.1 Å². The maximum Gasteiger partial charge on any atom is 0.339 e. The highest BCUT2D eigenvalue weighted by Gasteiger charge is 2.14. The van der Waals surface area contributed by atoms with Gasteiger partial charge in [0.25, 0.3) is 0 Å². The lowest BCUT2D eigenvalue weighted by Gasteiger charge is -2.13. The van der Waals surface area contributed by atoms with Gasteiger partial charge in [-0.25, -0.2) is 4.79 Å². The molecule has 5 heteroatoms. The molecular weight excluding hydrogens is 426 g/mol. The molecule has 0 saturated carbocycles. The largest absolute Gasteiger partial charge is 0.478 e. The second kappa shape index (κ2) is 11.3. The summed E-state index contributed by atoms with van der Waals surface area (Å²) < 4.78 is 5.86. The molecule has 34 heavy (non-hydrogen) atoms. The summed E-state index contributed by atoms with van der Waals surface area (Å²) in [5.41, 5.74) is 4.06. The fourth-order valence-corrected chi connectivity index (χ4v) is 3.71. The standard InChI is InChI=1S/C29H27NO4/c31-27(23-7-3-1-4-8-23)20-30-18-17-21-11-13-22(14-12-21)24-15-16-26(29(32)33)28(19-24)34-25-9-5-2-6-10-25/h1-16,19,27,30-31H,17-18,20H2,(H,32,33)/t27-/m0/s1. The summed E-state index contributed by atoms with van der Waals surface area (Å²) in [6, 6.07) is 32.1. The van der Waals surface area contributed by atoms with Gasteiger partial charge in [0.15, 0.2) is 0 Å². The van der Waals surface area contributed by atoms with E-state index in [4.69, 9.17) is 4.74 Å². The van der Waals surface area contributed by atoms with Gasteiger partial charge < -0.3 is 20.3 Å². The molecule has 0 spiro atoms. The number of ether oxygens (including phenoxy) is 1. The number of rotatable bonds is 10. The summed E-state index contributed by atoms with van der Waals surface area (Å²) in [6.07, 6.45) is 0.312. The number of carbonyl (C=O) groups is 1. The number of para-hydroxylation sites is 1. The number of nitrogens with one attached hydrogen (secondary N) is 1. The molecule has 0 fully saturated rings. The van der Waals surface area contributed by atoms with E-state index in [-0.39, 0.29) is 5.56 Å². The van der Waals surface area contributed by atoms with Gasteiger partial charge in [0.2, 0.25) is 0 Å². The van der Waals surface area contributed by atoms with Crippen molar-refractivity contribution in [2.24, 2.45) is 0 Å². The van der Waals surface area contributed by atoms with Crippen molar-refractivity contribution in [1.29, 1.82) is 0 Å². The summed E-state index contributed by atoms with van der Waals surface area (Å²) in [5, 5.41) is 23.1. The molecule has 0 unspecified atom stereocenters. The normalized spacial score (nSPS) is 11.7. The zero-order chi connectivity index (χ0) is 23.8. The van der Waals surface area contributed by atoms with E-state index in [1.807, 2.05) is 60.7 Å². The molecule has 172 valence electrons. The quantitative estimate of drug-likeness (QED) is 0.268. The molecule has 4 aromatic rings. The van der Waals surface area contributed by atoms with Crippen LogP contribution in [0.25, 0.3) is 11.1 Å². The van der Waals surface area contributed by atoms with Crippen LogP contribution in [-0.2, 0) is 6.42 Å². The van der Waals surface area contributed by atoms with Crippen LogP contribution >= 0.6 is 0 Å². The van der Waals surface area contributed by atoms with Crippen molar-refractivity contribution in [2.45, 2.75) is 12.5 Å². The van der Waals surface area contributed by atoms with Gasteiger partial charge in [-0.1, -0.05) is 78.9 Å². The van der Waals surface area contributed by atoms with Crippen molar-refractivity contribution >= 4 is 5.97 Å². The highest BCUT2D eigenvalue weighted by Crippen LogP contribution is 2.31. The predicted molar refractivity (Wildman–Crippen MR) is 133 cm³/mol. The van der Waals surface area contributed by atoms with Crippen LogP contribution in [0.3, 0.4) is 0 Å². The third-order valence-electron chi connectivity index (χ3n) is 5.58. The molecule has 0 radical (unpaired) electrons. The third kappa shape index (κ3) is 6.10. The second-order valence-electron chi connectivity index (χ2n) is 8.01. The molecule has 0 aliphatic carbocycles. The summed E-state index contributed by atoms with van der Waals surface area (Å²) in [6.45, 7) is 1.26. The fraction of sp³-hybridized carbons (Fsp3) is 0.138. The molecule has 4 rings (SSSR count). The van der Waals surface area contributed by atoms with E-state index in [2.05, 4.69) is 17.4 Å². The van der Waals surface area contributed by atoms with Crippen LogP contribution in [0.2, 0.25) is 0 Å². The SMILES string of the molecule is O=C(O)c1ccc(-c2ccc(CCNC[C@H](O)c3ccccc3)cc2)cc1Oc1ccccc1. The average molecular weight is 454 g/mol. The highest BCUT2D eigenvalue weighted by atomic mass is 16.5. The minimum atomic E-state index is -1.03. The van der Waals surface area contributed by atoms with Crippen LogP contribution in [0.5, 0.6) is 11.5 Å². The second-order valence-corrected chi connectivity index (χ2v) is 8.01. The smallest absolute Gasteiger partial charge is 0.339 e. The fourth-order valence-electron chi connectivity index (χ4n) is 3.71. The summed E-state index contributed by atoms with van der Waals surface area (Å²) >= 11 is 0. The Morgan fingerprint density at radius 1 is 0.824 bits per heavy atom. The van der Waals surface area contributed by atoms with Gasteiger partial charge in [-0.05, 0) is 59.5 Å². The van der Waals surface area contributed by atoms with Gasteiger partial charge in [-0.2, -0.15) is 0 Å². The molecular formula is C29H27NO4. The van der Waals surface area contributed by atoms with Gasteiger partial charge in [0.05, 0.1) is 6.10 Å². The number of hydrogen-bond acceptors (Lipinski definition) is 4. The number of aliphatic hydroxyl groups is 1. The number of aromatic carboxylic acids is 1. The Kier molecular flexibility index (Phi) is 7.71. The first kappa shape index (κ1) is 23.2. The first-order valence-electron chi connectivity index (χ1n) is 11.2. The third-order valence-corrected chi connectivity index (χ3v) is 5.58. The van der Waals surface area contributed by atoms with E-state index in [0.29, 0.717) is 18.0 Å². The minimum Gasteiger partial charge on any atom is -0.478 e. The molecule has 5 nitrogen and oxygen atoms in total. The van der Waals surface area contributed by atoms with Crippen molar-refractivity contribution in [3.8, 4) is 22.6 Å². The monoisotopic (exact) mass is 453 g/mol. The number of hydrogen-bond donors (Lipinski definition) is 3. The van der Waals surface area contributed by atoms with E-state index >= 15 is 0 Å². The van der Waals surface area contributed by atoms with Gasteiger partial charge in [-0.15, -0.1) is 0 Å². The highest BCUT2D eigenvalue weighted by molar-refractivity contribution is 5.92. The Balaban J connectivity index is 1.38. The van der Waals surface area contributed by atoms with Crippen LogP contribution in [0.4, 0.5) is 0 Å². The van der Waals surface area contributed by atoms with Crippen molar-refractivity contribution in [2.75, 3.05) is 13.1 Å². The first-order valence-corrected chi connectivity index (χ1v) is 11.2. The minimum absolute atomic E-state index is 0.119. The summed E-state index contributed by atoms with van der Waals surface area (Å²) in [5.74, 6) is -0.137. The number of benzene rings is 4. The van der Waals surface area contributed by atoms with Crippen molar-refractivity contribution < 1.29 is 19.7 Å². The Hall–Kier alpha value is -3.93. The molecule has 0 bridgehead atoms. The Bertz CT molecular complexity index is 1210. The van der Waals surface area contributed by atoms with Crippen molar-refractivity contribution in [3.05, 3.63) is 120 Å². The van der Waals surface area contributed by atoms with Crippen LogP contribution < -0.4 is 10.1 Å². The van der Waals surface area contributed by atoms with Crippen molar-refractivity contribution in [3.63, 3.8) is 0 Å². The average Bonchev–Trinajstić information content (AvgIpc) is 2.88. The molecule has 4 aromatic carbocycles. The van der Waals surface area contributed by atoms with Crippen LogP contribution in [0, 0.1) is 0 Å². The Labute approximate surface area is 199 Å². The number of carboxylic acid groups (broad SMARTS) is 1.